The Hall–Kier alpha value is -1.56. The number of nitrogen functional groups attached to an aromatic ring is 1. The zero-order chi connectivity index (χ0) is 15.5. The van der Waals surface area contributed by atoms with Crippen molar-refractivity contribution in [3.8, 4) is 5.88 Å². The van der Waals surface area contributed by atoms with Gasteiger partial charge in [-0.2, -0.15) is 9.97 Å². The van der Waals surface area contributed by atoms with E-state index in [9.17, 15) is 5.11 Å². The Balaban J connectivity index is 2.22. The summed E-state index contributed by atoms with van der Waals surface area (Å²) in [7, 11) is 0. The highest BCUT2D eigenvalue weighted by Gasteiger charge is 2.34. The van der Waals surface area contributed by atoms with Crippen molar-refractivity contribution < 1.29 is 9.84 Å². The molecule has 1 aromatic heterocycles. The molecule has 2 heterocycles. The SMILES string of the molecule is CC[C@@]1(CO)CCCN(c2cc(OC(C)C)nc(N)n2)C1. The predicted octanol–water partition coefficient (Wildman–Crippen LogP) is 1.83. The lowest BCUT2D eigenvalue weighted by atomic mass is 9.78. The van der Waals surface area contributed by atoms with Crippen LogP contribution in [0.3, 0.4) is 0 Å². The van der Waals surface area contributed by atoms with E-state index in [1.54, 1.807) is 0 Å². The fourth-order valence-corrected chi connectivity index (χ4v) is 2.83. The molecule has 0 unspecified atom stereocenters. The number of aromatic nitrogens is 2. The summed E-state index contributed by atoms with van der Waals surface area (Å²) in [6.45, 7) is 7.94. The number of hydrogen-bond donors (Lipinski definition) is 2. The summed E-state index contributed by atoms with van der Waals surface area (Å²) in [5, 5.41) is 9.73. The molecule has 0 saturated carbocycles. The predicted molar refractivity (Wildman–Crippen MR) is 83.5 cm³/mol. The Labute approximate surface area is 126 Å². The van der Waals surface area contributed by atoms with Crippen LogP contribution in [-0.2, 0) is 0 Å². The molecule has 118 valence electrons. The second-order valence-electron chi connectivity index (χ2n) is 6.13. The van der Waals surface area contributed by atoms with Gasteiger partial charge in [0.2, 0.25) is 11.8 Å². The first-order valence-corrected chi connectivity index (χ1v) is 7.65. The van der Waals surface area contributed by atoms with Crippen LogP contribution in [-0.4, -0.2) is 40.9 Å². The molecule has 21 heavy (non-hydrogen) atoms. The molecule has 0 bridgehead atoms. The minimum Gasteiger partial charge on any atom is -0.475 e. The summed E-state index contributed by atoms with van der Waals surface area (Å²) in [5.41, 5.74) is 5.75. The van der Waals surface area contributed by atoms with Crippen molar-refractivity contribution >= 4 is 11.8 Å². The fraction of sp³-hybridized carbons (Fsp3) is 0.733. The van der Waals surface area contributed by atoms with Crippen molar-refractivity contribution in [3.63, 3.8) is 0 Å². The number of rotatable bonds is 5. The van der Waals surface area contributed by atoms with Gasteiger partial charge in [-0.1, -0.05) is 6.92 Å². The molecule has 1 aromatic rings. The van der Waals surface area contributed by atoms with Crippen LogP contribution in [0.2, 0.25) is 0 Å². The number of aliphatic hydroxyl groups is 1. The Morgan fingerprint density at radius 2 is 2.24 bits per heavy atom. The van der Waals surface area contributed by atoms with Gasteiger partial charge < -0.3 is 20.5 Å². The molecule has 2 rings (SSSR count). The smallest absolute Gasteiger partial charge is 0.225 e. The molecule has 1 saturated heterocycles. The molecule has 0 aliphatic carbocycles. The molecule has 6 nitrogen and oxygen atoms in total. The van der Waals surface area contributed by atoms with E-state index in [1.807, 2.05) is 19.9 Å². The number of nitrogens with two attached hydrogens (primary N) is 1. The number of aliphatic hydroxyl groups excluding tert-OH is 1. The Morgan fingerprint density at radius 1 is 1.48 bits per heavy atom. The second-order valence-corrected chi connectivity index (χ2v) is 6.13. The van der Waals surface area contributed by atoms with E-state index in [1.165, 1.54) is 0 Å². The zero-order valence-electron chi connectivity index (χ0n) is 13.2. The third-order valence-electron chi connectivity index (χ3n) is 4.13. The molecule has 0 radical (unpaired) electrons. The third-order valence-corrected chi connectivity index (χ3v) is 4.13. The maximum absolute atomic E-state index is 9.73. The van der Waals surface area contributed by atoms with Gasteiger partial charge in [-0.15, -0.1) is 0 Å². The number of hydrogen-bond acceptors (Lipinski definition) is 6. The fourth-order valence-electron chi connectivity index (χ4n) is 2.83. The van der Waals surface area contributed by atoms with Gasteiger partial charge in [-0.05, 0) is 33.1 Å². The van der Waals surface area contributed by atoms with Crippen molar-refractivity contribution in [1.29, 1.82) is 0 Å². The highest BCUT2D eigenvalue weighted by Crippen LogP contribution is 2.35. The topological polar surface area (TPSA) is 84.5 Å². The number of ether oxygens (including phenoxy) is 1. The maximum atomic E-state index is 9.73. The van der Waals surface area contributed by atoms with Crippen LogP contribution in [0.1, 0.15) is 40.0 Å². The normalized spacial score (nSPS) is 22.6. The molecule has 1 aliphatic heterocycles. The Kier molecular flexibility index (Phi) is 4.88. The van der Waals surface area contributed by atoms with Crippen molar-refractivity contribution in [2.24, 2.45) is 5.41 Å². The minimum absolute atomic E-state index is 0.0423. The molecule has 1 fully saturated rings. The van der Waals surface area contributed by atoms with Crippen LogP contribution in [0, 0.1) is 5.41 Å². The van der Waals surface area contributed by atoms with Gasteiger partial charge in [-0.25, -0.2) is 0 Å². The number of piperidine rings is 1. The lowest BCUT2D eigenvalue weighted by molar-refractivity contribution is 0.101. The largest absolute Gasteiger partial charge is 0.475 e. The molecule has 1 atom stereocenters. The van der Waals surface area contributed by atoms with Gasteiger partial charge in [-0.3, -0.25) is 0 Å². The summed E-state index contributed by atoms with van der Waals surface area (Å²) in [6.07, 6.45) is 3.08. The van der Waals surface area contributed by atoms with Gasteiger partial charge in [0, 0.05) is 24.6 Å². The van der Waals surface area contributed by atoms with Gasteiger partial charge in [0.05, 0.1) is 12.7 Å². The molecule has 0 aromatic carbocycles. The summed E-state index contributed by atoms with van der Waals surface area (Å²) in [4.78, 5) is 10.6. The first-order valence-electron chi connectivity index (χ1n) is 7.65. The van der Waals surface area contributed by atoms with Gasteiger partial charge in [0.1, 0.15) is 5.82 Å². The Bertz CT molecular complexity index is 475. The quantitative estimate of drug-likeness (QED) is 0.862. The monoisotopic (exact) mass is 294 g/mol. The average molecular weight is 294 g/mol. The van der Waals surface area contributed by atoms with Crippen LogP contribution >= 0.6 is 0 Å². The van der Waals surface area contributed by atoms with Crippen molar-refractivity contribution in [1.82, 2.24) is 9.97 Å². The Morgan fingerprint density at radius 3 is 2.86 bits per heavy atom. The maximum Gasteiger partial charge on any atom is 0.225 e. The van der Waals surface area contributed by atoms with E-state index in [0.717, 1.165) is 38.2 Å². The standard InChI is InChI=1S/C15H26N4O2/c1-4-15(10-20)6-5-7-19(9-15)12-8-13(21-11(2)3)18-14(16)17-12/h8,11,20H,4-7,9-10H2,1-3H3,(H2,16,17,18)/t15-/m1/s1. The third kappa shape index (κ3) is 3.75. The lowest BCUT2D eigenvalue weighted by Crippen LogP contribution is -2.45. The van der Waals surface area contributed by atoms with E-state index in [4.69, 9.17) is 10.5 Å². The molecular weight excluding hydrogens is 268 g/mol. The lowest BCUT2D eigenvalue weighted by Gasteiger charge is -2.42. The molecule has 0 amide bonds. The molecule has 1 aliphatic rings. The van der Waals surface area contributed by atoms with Crippen molar-refractivity contribution in [3.05, 3.63) is 6.07 Å². The van der Waals surface area contributed by atoms with Gasteiger partial charge >= 0.3 is 0 Å². The number of anilines is 2. The van der Waals surface area contributed by atoms with E-state index < -0.39 is 0 Å². The highest BCUT2D eigenvalue weighted by molar-refractivity contribution is 5.46. The van der Waals surface area contributed by atoms with Gasteiger partial charge in [0.25, 0.3) is 0 Å². The van der Waals surface area contributed by atoms with Gasteiger partial charge in [0.15, 0.2) is 0 Å². The molecule has 6 heteroatoms. The minimum atomic E-state index is -0.0446. The second kappa shape index (κ2) is 6.47. The first kappa shape index (κ1) is 15.8. The van der Waals surface area contributed by atoms with Crippen LogP contribution in [0.15, 0.2) is 6.07 Å². The molecule has 3 N–H and O–H groups in total. The number of nitrogens with zero attached hydrogens (tertiary/aromatic N) is 3. The van der Waals surface area contributed by atoms with Crippen LogP contribution in [0.25, 0.3) is 0 Å². The van der Waals surface area contributed by atoms with E-state index in [0.29, 0.717) is 5.88 Å². The zero-order valence-corrected chi connectivity index (χ0v) is 13.2. The van der Waals surface area contributed by atoms with Crippen LogP contribution in [0.5, 0.6) is 5.88 Å². The molecule has 0 spiro atoms. The molecular formula is C15H26N4O2. The summed E-state index contributed by atoms with van der Waals surface area (Å²) >= 11 is 0. The van der Waals surface area contributed by atoms with Crippen LogP contribution in [0.4, 0.5) is 11.8 Å². The van der Waals surface area contributed by atoms with E-state index in [2.05, 4.69) is 21.8 Å². The first-order chi connectivity index (χ1) is 9.98. The average Bonchev–Trinajstić information content (AvgIpc) is 2.46. The van der Waals surface area contributed by atoms with Crippen LogP contribution < -0.4 is 15.4 Å². The van der Waals surface area contributed by atoms with Crippen molar-refractivity contribution in [2.75, 3.05) is 30.3 Å². The summed E-state index contributed by atoms with van der Waals surface area (Å²) < 4.78 is 5.62. The van der Waals surface area contributed by atoms with Crippen molar-refractivity contribution in [2.45, 2.75) is 46.1 Å². The summed E-state index contributed by atoms with van der Waals surface area (Å²) in [5.74, 6) is 1.51. The summed E-state index contributed by atoms with van der Waals surface area (Å²) in [6, 6.07) is 1.83. The highest BCUT2D eigenvalue weighted by atomic mass is 16.5. The van der Waals surface area contributed by atoms with E-state index >= 15 is 0 Å². The van der Waals surface area contributed by atoms with E-state index in [-0.39, 0.29) is 24.1 Å².